The highest BCUT2D eigenvalue weighted by atomic mass is 16.5. The zero-order valence-corrected chi connectivity index (χ0v) is 12.6. The first-order valence-corrected chi connectivity index (χ1v) is 7.87. The Bertz CT molecular complexity index is 197. The van der Waals surface area contributed by atoms with E-state index in [9.17, 15) is 0 Å². The lowest BCUT2D eigenvalue weighted by atomic mass is 10.1. The van der Waals surface area contributed by atoms with Crippen LogP contribution in [0, 0.1) is 0 Å². The van der Waals surface area contributed by atoms with E-state index in [0.29, 0.717) is 12.1 Å². The second kappa shape index (κ2) is 9.76. The summed E-state index contributed by atoms with van der Waals surface area (Å²) in [6.07, 6.45) is 6.90. The number of likely N-dealkylation sites (tertiary alicyclic amines) is 1. The maximum absolute atomic E-state index is 5.75. The van der Waals surface area contributed by atoms with Crippen LogP contribution >= 0.6 is 0 Å². The zero-order chi connectivity index (χ0) is 13.2. The van der Waals surface area contributed by atoms with Gasteiger partial charge in [-0.2, -0.15) is 0 Å². The monoisotopic (exact) mass is 256 g/mol. The third-order valence-corrected chi connectivity index (χ3v) is 3.88. The molecule has 18 heavy (non-hydrogen) atoms. The molecule has 2 atom stereocenters. The van der Waals surface area contributed by atoms with Gasteiger partial charge in [-0.25, -0.2) is 0 Å². The third-order valence-electron chi connectivity index (χ3n) is 3.88. The lowest BCUT2D eigenvalue weighted by Gasteiger charge is -2.32. The van der Waals surface area contributed by atoms with E-state index in [1.54, 1.807) is 0 Å². The highest BCUT2D eigenvalue weighted by molar-refractivity contribution is 4.74. The molecule has 0 aromatic heterocycles. The minimum Gasteiger partial charge on any atom is -0.377 e. The number of ether oxygens (including phenoxy) is 1. The summed E-state index contributed by atoms with van der Waals surface area (Å²) in [6.45, 7) is 12.2. The summed E-state index contributed by atoms with van der Waals surface area (Å²) in [7, 11) is 0. The van der Waals surface area contributed by atoms with Gasteiger partial charge in [-0.15, -0.1) is 0 Å². The number of hydrogen-bond donors (Lipinski definition) is 1. The Balaban J connectivity index is 2.14. The molecule has 3 heteroatoms. The Morgan fingerprint density at radius 3 is 2.83 bits per heavy atom. The average molecular weight is 256 g/mol. The van der Waals surface area contributed by atoms with Crippen molar-refractivity contribution in [2.24, 2.45) is 0 Å². The van der Waals surface area contributed by atoms with Crippen molar-refractivity contribution in [1.82, 2.24) is 10.2 Å². The first kappa shape index (κ1) is 15.9. The fraction of sp³-hybridized carbons (Fsp3) is 1.00. The highest BCUT2D eigenvalue weighted by Gasteiger charge is 2.19. The number of rotatable bonds is 9. The van der Waals surface area contributed by atoms with Crippen LogP contribution in [0.4, 0.5) is 0 Å². The van der Waals surface area contributed by atoms with Crippen LogP contribution in [0.3, 0.4) is 0 Å². The largest absolute Gasteiger partial charge is 0.377 e. The lowest BCUT2D eigenvalue weighted by molar-refractivity contribution is 0.00545. The first-order chi connectivity index (χ1) is 8.80. The molecule has 0 aliphatic carbocycles. The van der Waals surface area contributed by atoms with Gasteiger partial charge in [-0.3, -0.25) is 0 Å². The predicted molar refractivity (Wildman–Crippen MR) is 78.1 cm³/mol. The summed E-state index contributed by atoms with van der Waals surface area (Å²) in [5.41, 5.74) is 0. The second-order valence-corrected chi connectivity index (χ2v) is 5.33. The Hall–Kier alpha value is -0.120. The summed E-state index contributed by atoms with van der Waals surface area (Å²) in [4.78, 5) is 2.59. The molecule has 0 aromatic rings. The molecule has 1 heterocycles. The molecule has 0 aromatic carbocycles. The summed E-state index contributed by atoms with van der Waals surface area (Å²) < 4.78 is 5.75. The fourth-order valence-corrected chi connectivity index (χ4v) is 2.89. The maximum Gasteiger partial charge on any atom is 0.0702 e. The first-order valence-electron chi connectivity index (χ1n) is 7.87. The molecule has 0 saturated carbocycles. The SMILES string of the molecule is CCNC(CC)CCCN1CCCC(OCC)C1. The topological polar surface area (TPSA) is 24.5 Å². The van der Waals surface area contributed by atoms with Crippen LogP contribution in [0.1, 0.15) is 52.9 Å². The van der Waals surface area contributed by atoms with Crippen molar-refractivity contribution < 1.29 is 4.74 Å². The van der Waals surface area contributed by atoms with Gasteiger partial charge in [-0.05, 0) is 58.7 Å². The van der Waals surface area contributed by atoms with E-state index in [0.717, 1.165) is 19.7 Å². The molecule has 0 bridgehead atoms. The van der Waals surface area contributed by atoms with Crippen LogP contribution in [0.2, 0.25) is 0 Å². The van der Waals surface area contributed by atoms with Gasteiger partial charge in [0, 0.05) is 19.2 Å². The second-order valence-electron chi connectivity index (χ2n) is 5.33. The molecule has 1 N–H and O–H groups in total. The van der Waals surface area contributed by atoms with Crippen molar-refractivity contribution in [3.63, 3.8) is 0 Å². The van der Waals surface area contributed by atoms with E-state index in [1.807, 2.05) is 0 Å². The van der Waals surface area contributed by atoms with Crippen molar-refractivity contribution in [1.29, 1.82) is 0 Å². The highest BCUT2D eigenvalue weighted by Crippen LogP contribution is 2.14. The van der Waals surface area contributed by atoms with Crippen LogP contribution < -0.4 is 5.32 Å². The van der Waals surface area contributed by atoms with E-state index in [1.165, 1.54) is 45.2 Å². The van der Waals surface area contributed by atoms with E-state index >= 15 is 0 Å². The number of piperidine rings is 1. The van der Waals surface area contributed by atoms with Gasteiger partial charge in [0.25, 0.3) is 0 Å². The van der Waals surface area contributed by atoms with Crippen molar-refractivity contribution in [2.45, 2.75) is 65.0 Å². The normalized spacial score (nSPS) is 23.2. The Kier molecular flexibility index (Phi) is 8.64. The minimum atomic E-state index is 0.486. The van der Waals surface area contributed by atoms with Crippen LogP contribution in [0.5, 0.6) is 0 Å². The Labute approximate surface area is 113 Å². The fourth-order valence-electron chi connectivity index (χ4n) is 2.89. The maximum atomic E-state index is 5.75. The number of nitrogens with zero attached hydrogens (tertiary/aromatic N) is 1. The molecule has 108 valence electrons. The predicted octanol–water partition coefficient (Wildman–Crippen LogP) is 2.66. The molecule has 1 fully saturated rings. The van der Waals surface area contributed by atoms with Crippen molar-refractivity contribution in [2.75, 3.05) is 32.8 Å². The standard InChI is InChI=1S/C15H32N2O/c1-4-14(16-5-2)9-7-11-17-12-8-10-15(13-17)18-6-3/h14-16H,4-13H2,1-3H3. The molecule has 0 radical (unpaired) electrons. The smallest absolute Gasteiger partial charge is 0.0702 e. The van der Waals surface area contributed by atoms with Gasteiger partial charge in [0.15, 0.2) is 0 Å². The van der Waals surface area contributed by atoms with Crippen LogP contribution in [0.25, 0.3) is 0 Å². The van der Waals surface area contributed by atoms with Gasteiger partial charge < -0.3 is 15.0 Å². The molecular weight excluding hydrogens is 224 g/mol. The molecule has 0 spiro atoms. The lowest BCUT2D eigenvalue weighted by Crippen LogP contribution is -2.40. The van der Waals surface area contributed by atoms with Crippen LogP contribution in [0.15, 0.2) is 0 Å². The zero-order valence-electron chi connectivity index (χ0n) is 12.6. The molecule has 1 rings (SSSR count). The average Bonchev–Trinajstić information content (AvgIpc) is 2.38. The van der Waals surface area contributed by atoms with Crippen molar-refractivity contribution >= 4 is 0 Å². The van der Waals surface area contributed by atoms with Gasteiger partial charge in [-0.1, -0.05) is 13.8 Å². The van der Waals surface area contributed by atoms with E-state index in [4.69, 9.17) is 4.74 Å². The van der Waals surface area contributed by atoms with Crippen LogP contribution in [-0.4, -0.2) is 49.8 Å². The number of nitrogens with one attached hydrogen (secondary N) is 1. The summed E-state index contributed by atoms with van der Waals surface area (Å²) in [5, 5.41) is 3.56. The molecule has 2 unspecified atom stereocenters. The molecule has 1 aliphatic heterocycles. The minimum absolute atomic E-state index is 0.486. The van der Waals surface area contributed by atoms with E-state index < -0.39 is 0 Å². The summed E-state index contributed by atoms with van der Waals surface area (Å²) >= 11 is 0. The Morgan fingerprint density at radius 1 is 1.33 bits per heavy atom. The van der Waals surface area contributed by atoms with Gasteiger partial charge in [0.1, 0.15) is 0 Å². The Morgan fingerprint density at radius 2 is 2.17 bits per heavy atom. The quantitative estimate of drug-likeness (QED) is 0.686. The molecular formula is C15H32N2O. The van der Waals surface area contributed by atoms with Gasteiger partial charge >= 0.3 is 0 Å². The number of hydrogen-bond acceptors (Lipinski definition) is 3. The molecule has 3 nitrogen and oxygen atoms in total. The van der Waals surface area contributed by atoms with Crippen molar-refractivity contribution in [3.8, 4) is 0 Å². The van der Waals surface area contributed by atoms with E-state index in [-0.39, 0.29) is 0 Å². The molecule has 0 amide bonds. The summed E-state index contributed by atoms with van der Waals surface area (Å²) in [5.74, 6) is 0. The van der Waals surface area contributed by atoms with Gasteiger partial charge in [0.05, 0.1) is 6.10 Å². The third kappa shape index (κ3) is 6.17. The van der Waals surface area contributed by atoms with Gasteiger partial charge in [0.2, 0.25) is 0 Å². The van der Waals surface area contributed by atoms with E-state index in [2.05, 4.69) is 31.0 Å². The summed E-state index contributed by atoms with van der Waals surface area (Å²) in [6, 6.07) is 0.711. The molecule has 1 saturated heterocycles. The molecule has 1 aliphatic rings. The van der Waals surface area contributed by atoms with Crippen LogP contribution in [-0.2, 0) is 4.74 Å². The van der Waals surface area contributed by atoms with Crippen molar-refractivity contribution in [3.05, 3.63) is 0 Å².